The van der Waals surface area contributed by atoms with Gasteiger partial charge < -0.3 is 15.0 Å². The lowest BCUT2D eigenvalue weighted by molar-refractivity contribution is -0.137. The van der Waals surface area contributed by atoms with Crippen LogP contribution in [-0.4, -0.2) is 33.1 Å². The molecule has 1 fully saturated rings. The van der Waals surface area contributed by atoms with Crippen molar-refractivity contribution in [3.8, 4) is 0 Å². The minimum atomic E-state index is -4.73. The van der Waals surface area contributed by atoms with Crippen molar-refractivity contribution in [2.24, 2.45) is 0 Å². The van der Waals surface area contributed by atoms with E-state index in [-0.39, 0.29) is 16.5 Å². The van der Waals surface area contributed by atoms with Gasteiger partial charge in [-0.1, -0.05) is 11.6 Å². The van der Waals surface area contributed by atoms with Gasteiger partial charge in [-0.25, -0.2) is 4.39 Å². The first kappa shape index (κ1) is 23.6. The Morgan fingerprint density at radius 3 is 2.83 bits per heavy atom. The molecule has 2 N–H and O–H groups in total. The van der Waals surface area contributed by atoms with E-state index in [4.69, 9.17) is 16.3 Å². The first-order valence-corrected chi connectivity index (χ1v) is 11.4. The van der Waals surface area contributed by atoms with Gasteiger partial charge in [0, 0.05) is 18.7 Å². The summed E-state index contributed by atoms with van der Waals surface area (Å²) in [6.07, 6.45) is -0.671. The Labute approximate surface area is 201 Å². The molecule has 13 heteroatoms. The van der Waals surface area contributed by atoms with Crippen LogP contribution in [0.3, 0.4) is 0 Å². The van der Waals surface area contributed by atoms with Gasteiger partial charge in [-0.2, -0.15) is 28.1 Å². The fourth-order valence-electron chi connectivity index (χ4n) is 4.39. The van der Waals surface area contributed by atoms with E-state index in [0.717, 1.165) is 25.0 Å². The molecule has 1 aromatic carbocycles. The molecule has 35 heavy (non-hydrogen) atoms. The number of nitrogens with one attached hydrogen (secondary N) is 2. The number of fused-ring (bicyclic) bond motifs is 1. The monoisotopic (exact) mass is 512 g/mol. The number of H-pyrrole nitrogens is 1. The number of alkyl halides is 3. The molecule has 1 saturated heterocycles. The van der Waals surface area contributed by atoms with Gasteiger partial charge in [0.1, 0.15) is 10.8 Å². The van der Waals surface area contributed by atoms with Gasteiger partial charge in [0.25, 0.3) is 5.56 Å². The zero-order valence-electron chi connectivity index (χ0n) is 18.3. The summed E-state index contributed by atoms with van der Waals surface area (Å²) in [7, 11) is 0. The molecule has 0 aliphatic carbocycles. The van der Waals surface area contributed by atoms with E-state index in [1.54, 1.807) is 0 Å². The van der Waals surface area contributed by atoms with Crippen LogP contribution >= 0.6 is 11.6 Å². The van der Waals surface area contributed by atoms with Gasteiger partial charge in [0.15, 0.2) is 12.0 Å². The van der Waals surface area contributed by atoms with Crippen molar-refractivity contribution in [1.29, 1.82) is 0 Å². The third-order valence-corrected chi connectivity index (χ3v) is 6.52. The van der Waals surface area contributed by atoms with E-state index < -0.39 is 29.3 Å². The number of ether oxygens (including phenoxy) is 1. The molecule has 0 radical (unpaired) electrons. The Balaban J connectivity index is 1.37. The molecule has 2 aliphatic heterocycles. The van der Waals surface area contributed by atoms with Gasteiger partial charge in [0.05, 0.1) is 35.4 Å². The number of aromatic nitrogens is 4. The second-order valence-corrected chi connectivity index (χ2v) is 8.81. The molecule has 2 aliphatic rings. The molecular weight excluding hydrogens is 492 g/mol. The topological polar surface area (TPSA) is 88.1 Å². The molecule has 186 valence electrons. The van der Waals surface area contributed by atoms with E-state index in [9.17, 15) is 22.4 Å². The summed E-state index contributed by atoms with van der Waals surface area (Å²) < 4.78 is 60.4. The Kier molecular flexibility index (Phi) is 6.18. The number of halogens is 5. The second kappa shape index (κ2) is 9.15. The number of hydrogen-bond acceptors (Lipinski definition) is 6. The average molecular weight is 513 g/mol. The Hall–Kier alpha value is -3.12. The zero-order valence-corrected chi connectivity index (χ0v) is 19.1. The molecule has 5 rings (SSSR count). The molecule has 0 bridgehead atoms. The van der Waals surface area contributed by atoms with Crippen LogP contribution in [0.25, 0.3) is 0 Å². The maximum absolute atomic E-state index is 13.4. The lowest BCUT2D eigenvalue weighted by atomic mass is 10.1. The highest BCUT2D eigenvalue weighted by atomic mass is 35.5. The van der Waals surface area contributed by atoms with E-state index in [0.29, 0.717) is 55.5 Å². The third kappa shape index (κ3) is 4.59. The van der Waals surface area contributed by atoms with Crippen molar-refractivity contribution in [3.05, 3.63) is 62.4 Å². The summed E-state index contributed by atoms with van der Waals surface area (Å²) in [5.74, 6) is -0.754. The van der Waals surface area contributed by atoms with Crippen molar-refractivity contribution in [1.82, 2.24) is 20.0 Å². The Bertz CT molecular complexity index is 1300. The van der Waals surface area contributed by atoms with Crippen LogP contribution in [0.2, 0.25) is 5.02 Å². The van der Waals surface area contributed by atoms with E-state index in [1.165, 1.54) is 10.9 Å². The second-order valence-electron chi connectivity index (χ2n) is 8.43. The fraction of sp³-hybridized carbons (Fsp3) is 0.409. The molecular formula is C22H21ClF4N6O2. The highest BCUT2D eigenvalue weighted by Gasteiger charge is 2.35. The molecule has 1 atom stereocenters. The number of nitrogens with zero attached hydrogens (tertiary/aromatic N) is 4. The summed E-state index contributed by atoms with van der Waals surface area (Å²) >= 11 is 6.42. The van der Waals surface area contributed by atoms with Crippen LogP contribution in [0.1, 0.15) is 42.3 Å². The molecule has 8 nitrogen and oxygen atoms in total. The van der Waals surface area contributed by atoms with Crippen LogP contribution < -0.4 is 15.8 Å². The summed E-state index contributed by atoms with van der Waals surface area (Å²) in [5, 5.41) is 13.9. The fourth-order valence-corrected chi connectivity index (χ4v) is 4.65. The first-order valence-electron chi connectivity index (χ1n) is 11.1. The number of aromatic amines is 1. The van der Waals surface area contributed by atoms with Gasteiger partial charge in [-0.05, 0) is 43.9 Å². The standard InChI is InChI=1S/C22H21ClF4N6O2/c23-19-17(10-28-33(21(19)34)18-3-1-2-8-35-18)32-7-6-13-16(11-32)30-31-20(13)29-15-5-4-12(24)9-14(15)22(25,26)27/h4-5,9-10,18H,1-3,6-8,11H2,(H2,29,30,31). The molecule has 0 spiro atoms. The Morgan fingerprint density at radius 2 is 2.09 bits per heavy atom. The quantitative estimate of drug-likeness (QED) is 0.489. The molecule has 0 amide bonds. The van der Waals surface area contributed by atoms with Gasteiger partial charge in [-0.15, -0.1) is 0 Å². The van der Waals surface area contributed by atoms with Crippen molar-refractivity contribution < 1.29 is 22.3 Å². The highest BCUT2D eigenvalue weighted by molar-refractivity contribution is 6.33. The van der Waals surface area contributed by atoms with Gasteiger partial charge >= 0.3 is 6.18 Å². The van der Waals surface area contributed by atoms with Gasteiger partial charge in [-0.3, -0.25) is 9.89 Å². The summed E-state index contributed by atoms with van der Waals surface area (Å²) in [6, 6.07) is 2.43. The minimum Gasteiger partial charge on any atom is -0.363 e. The predicted molar refractivity (Wildman–Crippen MR) is 120 cm³/mol. The third-order valence-electron chi connectivity index (χ3n) is 6.17. The maximum atomic E-state index is 13.4. The van der Waals surface area contributed by atoms with E-state index >= 15 is 0 Å². The van der Waals surface area contributed by atoms with Gasteiger partial charge in [0.2, 0.25) is 0 Å². The molecule has 3 aromatic rings. The lowest BCUT2D eigenvalue weighted by Gasteiger charge is -2.30. The number of benzene rings is 1. The SMILES string of the molecule is O=c1c(Cl)c(N2CCc3c(Nc4ccc(F)cc4C(F)(F)F)n[nH]c3C2)cnn1C1CCCCO1. The smallest absolute Gasteiger partial charge is 0.363 e. The van der Waals surface area contributed by atoms with Crippen LogP contribution in [0, 0.1) is 5.82 Å². The van der Waals surface area contributed by atoms with Crippen molar-refractivity contribution in [2.45, 2.75) is 44.6 Å². The molecule has 1 unspecified atom stereocenters. The molecule has 0 saturated carbocycles. The molecule has 2 aromatic heterocycles. The first-order chi connectivity index (χ1) is 16.7. The number of anilines is 3. The van der Waals surface area contributed by atoms with Crippen LogP contribution in [0.4, 0.5) is 34.8 Å². The van der Waals surface area contributed by atoms with Crippen LogP contribution in [0.15, 0.2) is 29.2 Å². The molecule has 4 heterocycles. The van der Waals surface area contributed by atoms with E-state index in [1.807, 2.05) is 4.90 Å². The van der Waals surface area contributed by atoms with Crippen molar-refractivity contribution >= 4 is 28.8 Å². The highest BCUT2D eigenvalue weighted by Crippen LogP contribution is 2.38. The van der Waals surface area contributed by atoms with Crippen LogP contribution in [-0.2, 0) is 23.9 Å². The summed E-state index contributed by atoms with van der Waals surface area (Å²) in [4.78, 5) is 14.7. The summed E-state index contributed by atoms with van der Waals surface area (Å²) in [6.45, 7) is 1.29. The van der Waals surface area contributed by atoms with Crippen LogP contribution in [0.5, 0.6) is 0 Å². The largest absolute Gasteiger partial charge is 0.418 e. The number of rotatable bonds is 4. The minimum absolute atomic E-state index is 0.0246. The number of hydrogen-bond donors (Lipinski definition) is 2. The van der Waals surface area contributed by atoms with E-state index in [2.05, 4.69) is 20.6 Å². The van der Waals surface area contributed by atoms with Crippen molar-refractivity contribution in [3.63, 3.8) is 0 Å². The normalized spacial score (nSPS) is 18.4. The Morgan fingerprint density at radius 1 is 1.26 bits per heavy atom. The zero-order chi connectivity index (χ0) is 24.7. The summed E-state index contributed by atoms with van der Waals surface area (Å²) in [5.41, 5.74) is -0.0401. The maximum Gasteiger partial charge on any atom is 0.418 e. The lowest BCUT2D eigenvalue weighted by Crippen LogP contribution is -2.35. The average Bonchev–Trinajstić information content (AvgIpc) is 3.23. The predicted octanol–water partition coefficient (Wildman–Crippen LogP) is 4.78. The van der Waals surface area contributed by atoms with Crippen molar-refractivity contribution in [2.75, 3.05) is 23.4 Å².